The number of carbonyl (C=O) groups excluding carboxylic acids is 1. The zero-order chi connectivity index (χ0) is 13.7. The highest BCUT2D eigenvalue weighted by molar-refractivity contribution is 5.83. The van der Waals surface area contributed by atoms with Crippen molar-refractivity contribution < 1.29 is 13.9 Å². The first-order valence-corrected chi connectivity index (χ1v) is 6.42. The molecule has 1 aromatic carbocycles. The van der Waals surface area contributed by atoms with Gasteiger partial charge in [-0.05, 0) is 31.5 Å². The van der Waals surface area contributed by atoms with Crippen molar-refractivity contribution in [3.63, 3.8) is 0 Å². The molecule has 3 heteroatoms. The smallest absolute Gasteiger partial charge is 0.316 e. The van der Waals surface area contributed by atoms with Gasteiger partial charge in [0.15, 0.2) is 0 Å². The summed E-state index contributed by atoms with van der Waals surface area (Å²) >= 11 is 0. The van der Waals surface area contributed by atoms with Crippen molar-refractivity contribution in [2.75, 3.05) is 6.61 Å². The van der Waals surface area contributed by atoms with Gasteiger partial charge in [0.05, 0.1) is 18.3 Å². The van der Waals surface area contributed by atoms with Gasteiger partial charge in [0.1, 0.15) is 5.76 Å². The average Bonchev–Trinajstić information content (AvgIpc) is 2.92. The summed E-state index contributed by atoms with van der Waals surface area (Å²) in [6.07, 6.45) is 2.11. The Morgan fingerprint density at radius 1 is 1.21 bits per heavy atom. The van der Waals surface area contributed by atoms with Crippen molar-refractivity contribution in [2.45, 2.75) is 25.7 Å². The maximum Gasteiger partial charge on any atom is 0.316 e. The van der Waals surface area contributed by atoms with Crippen LogP contribution in [0, 0.1) is 0 Å². The molecule has 0 aliphatic carbocycles. The number of benzene rings is 1. The lowest BCUT2D eigenvalue weighted by Gasteiger charge is -2.26. The second kappa shape index (κ2) is 5.74. The molecule has 0 spiro atoms. The van der Waals surface area contributed by atoms with E-state index in [0.717, 1.165) is 11.3 Å². The average molecular weight is 258 g/mol. The lowest BCUT2D eigenvalue weighted by Crippen LogP contribution is -2.36. The molecule has 0 aliphatic rings. The molecule has 0 fully saturated rings. The second-order valence-corrected chi connectivity index (χ2v) is 4.67. The monoisotopic (exact) mass is 258 g/mol. The minimum absolute atomic E-state index is 0.224. The van der Waals surface area contributed by atoms with Crippen LogP contribution >= 0.6 is 0 Å². The number of furan rings is 1. The van der Waals surface area contributed by atoms with Gasteiger partial charge < -0.3 is 9.15 Å². The summed E-state index contributed by atoms with van der Waals surface area (Å²) in [5.41, 5.74) is 0.208. The van der Waals surface area contributed by atoms with Crippen molar-refractivity contribution in [3.05, 3.63) is 60.1 Å². The molecule has 0 saturated heterocycles. The summed E-state index contributed by atoms with van der Waals surface area (Å²) in [6.45, 7) is 4.08. The van der Waals surface area contributed by atoms with E-state index in [9.17, 15) is 4.79 Å². The largest absolute Gasteiger partial charge is 0.469 e. The molecular formula is C16H18O3. The fourth-order valence-corrected chi connectivity index (χ4v) is 2.15. The molecule has 2 aromatic rings. The quantitative estimate of drug-likeness (QED) is 0.772. The molecule has 1 heterocycles. The van der Waals surface area contributed by atoms with Crippen LogP contribution < -0.4 is 0 Å². The number of rotatable bonds is 5. The fourth-order valence-electron chi connectivity index (χ4n) is 2.15. The van der Waals surface area contributed by atoms with Gasteiger partial charge >= 0.3 is 5.97 Å². The van der Waals surface area contributed by atoms with E-state index >= 15 is 0 Å². The molecule has 100 valence electrons. The van der Waals surface area contributed by atoms with Crippen LogP contribution in [0.25, 0.3) is 0 Å². The van der Waals surface area contributed by atoms with Crippen LogP contribution in [0.5, 0.6) is 0 Å². The van der Waals surface area contributed by atoms with E-state index in [4.69, 9.17) is 9.15 Å². The molecule has 1 atom stereocenters. The van der Waals surface area contributed by atoms with Crippen LogP contribution in [0.1, 0.15) is 25.2 Å². The zero-order valence-electron chi connectivity index (χ0n) is 11.3. The van der Waals surface area contributed by atoms with E-state index in [1.165, 1.54) is 0 Å². The van der Waals surface area contributed by atoms with Crippen molar-refractivity contribution in [1.29, 1.82) is 0 Å². The molecular weight excluding hydrogens is 240 g/mol. The predicted octanol–water partition coefficient (Wildman–Crippen LogP) is 3.34. The van der Waals surface area contributed by atoms with E-state index in [1.807, 2.05) is 56.3 Å². The Balaban J connectivity index is 2.35. The Hall–Kier alpha value is -2.03. The molecule has 0 N–H and O–H groups in total. The van der Waals surface area contributed by atoms with Crippen molar-refractivity contribution in [2.24, 2.45) is 0 Å². The van der Waals surface area contributed by atoms with Crippen LogP contribution in [0.15, 0.2) is 53.1 Å². The summed E-state index contributed by atoms with van der Waals surface area (Å²) < 4.78 is 10.6. The topological polar surface area (TPSA) is 39.4 Å². The van der Waals surface area contributed by atoms with E-state index < -0.39 is 5.41 Å². The first-order valence-electron chi connectivity index (χ1n) is 6.42. The number of esters is 1. The minimum Gasteiger partial charge on any atom is -0.469 e. The number of hydrogen-bond donors (Lipinski definition) is 0. The predicted molar refractivity (Wildman–Crippen MR) is 72.8 cm³/mol. The Kier molecular flexibility index (Phi) is 4.05. The summed E-state index contributed by atoms with van der Waals surface area (Å²) in [5.74, 6) is 0.553. The maximum atomic E-state index is 12.3. The van der Waals surface area contributed by atoms with Gasteiger partial charge in [-0.25, -0.2) is 0 Å². The first-order chi connectivity index (χ1) is 9.16. The third-order valence-electron chi connectivity index (χ3n) is 3.24. The maximum absolute atomic E-state index is 12.3. The van der Waals surface area contributed by atoms with Crippen LogP contribution in [0.3, 0.4) is 0 Å². The summed E-state index contributed by atoms with van der Waals surface area (Å²) in [6, 6.07) is 13.4. The van der Waals surface area contributed by atoms with Gasteiger partial charge in [0, 0.05) is 6.42 Å². The van der Waals surface area contributed by atoms with E-state index in [-0.39, 0.29) is 5.97 Å². The van der Waals surface area contributed by atoms with Gasteiger partial charge in [-0.3, -0.25) is 4.79 Å². The van der Waals surface area contributed by atoms with Gasteiger partial charge in [-0.15, -0.1) is 0 Å². The van der Waals surface area contributed by atoms with Gasteiger partial charge in [-0.1, -0.05) is 30.3 Å². The molecule has 1 unspecified atom stereocenters. The molecule has 1 aromatic heterocycles. The molecule has 19 heavy (non-hydrogen) atoms. The minimum atomic E-state index is -0.727. The number of carbonyl (C=O) groups is 1. The van der Waals surface area contributed by atoms with Crippen molar-refractivity contribution in [1.82, 2.24) is 0 Å². The standard InChI is InChI=1S/C16H18O3/c1-3-18-15(17)16(2,12-14-10-7-11-19-14)13-8-5-4-6-9-13/h4-11H,3,12H2,1-2H3. The first kappa shape index (κ1) is 13.4. The summed E-state index contributed by atoms with van der Waals surface area (Å²) in [5, 5.41) is 0. The Morgan fingerprint density at radius 2 is 1.95 bits per heavy atom. The SMILES string of the molecule is CCOC(=O)C(C)(Cc1ccco1)c1ccccc1. The fraction of sp³-hybridized carbons (Fsp3) is 0.312. The lowest BCUT2D eigenvalue weighted by molar-refractivity contribution is -0.149. The van der Waals surface area contributed by atoms with Crippen molar-refractivity contribution >= 4 is 5.97 Å². The van der Waals surface area contributed by atoms with Gasteiger partial charge in [0.2, 0.25) is 0 Å². The van der Waals surface area contributed by atoms with Gasteiger partial charge in [0.25, 0.3) is 0 Å². The van der Waals surface area contributed by atoms with E-state index in [1.54, 1.807) is 6.26 Å². The highest BCUT2D eigenvalue weighted by atomic mass is 16.5. The molecule has 3 nitrogen and oxygen atoms in total. The molecule has 0 bridgehead atoms. The highest BCUT2D eigenvalue weighted by Gasteiger charge is 2.37. The Labute approximate surface area is 113 Å². The van der Waals surface area contributed by atoms with Crippen LogP contribution in [0.2, 0.25) is 0 Å². The lowest BCUT2D eigenvalue weighted by atomic mass is 9.79. The molecule has 0 radical (unpaired) electrons. The third-order valence-corrected chi connectivity index (χ3v) is 3.24. The molecule has 0 saturated carbocycles. The molecule has 0 amide bonds. The van der Waals surface area contributed by atoms with E-state index in [2.05, 4.69) is 0 Å². The number of hydrogen-bond acceptors (Lipinski definition) is 3. The van der Waals surface area contributed by atoms with Crippen LogP contribution in [-0.4, -0.2) is 12.6 Å². The van der Waals surface area contributed by atoms with Crippen LogP contribution in [-0.2, 0) is 21.4 Å². The number of ether oxygens (including phenoxy) is 1. The van der Waals surface area contributed by atoms with E-state index in [0.29, 0.717) is 13.0 Å². The Morgan fingerprint density at radius 3 is 2.53 bits per heavy atom. The normalized spacial score (nSPS) is 13.8. The summed E-state index contributed by atoms with van der Waals surface area (Å²) in [4.78, 5) is 12.3. The summed E-state index contributed by atoms with van der Waals surface area (Å²) in [7, 11) is 0. The highest BCUT2D eigenvalue weighted by Crippen LogP contribution is 2.30. The van der Waals surface area contributed by atoms with Crippen molar-refractivity contribution in [3.8, 4) is 0 Å². The van der Waals surface area contributed by atoms with Crippen LogP contribution in [0.4, 0.5) is 0 Å². The molecule has 0 aliphatic heterocycles. The van der Waals surface area contributed by atoms with Gasteiger partial charge in [-0.2, -0.15) is 0 Å². The zero-order valence-corrected chi connectivity index (χ0v) is 11.3. The Bertz CT molecular complexity index is 516. The second-order valence-electron chi connectivity index (χ2n) is 4.67. The third kappa shape index (κ3) is 2.87. The molecule has 2 rings (SSSR count).